The lowest BCUT2D eigenvalue weighted by atomic mass is 9.78. The van der Waals surface area contributed by atoms with Gasteiger partial charge in [-0.2, -0.15) is 0 Å². The van der Waals surface area contributed by atoms with Crippen molar-refractivity contribution >= 4 is 11.7 Å². The summed E-state index contributed by atoms with van der Waals surface area (Å²) in [6.07, 6.45) is 3.58. The van der Waals surface area contributed by atoms with Crippen molar-refractivity contribution in [2.75, 3.05) is 32.6 Å². The smallest absolute Gasteiger partial charge is 0.254 e. The van der Waals surface area contributed by atoms with Crippen LogP contribution in [0, 0.1) is 6.92 Å². The van der Waals surface area contributed by atoms with Crippen molar-refractivity contribution in [3.63, 3.8) is 0 Å². The maximum Gasteiger partial charge on any atom is 0.254 e. The highest BCUT2D eigenvalue weighted by Crippen LogP contribution is 2.35. The molecule has 1 amide bonds. The Hall–Kier alpha value is -3.68. The molecule has 0 spiro atoms. The molecule has 0 aliphatic carbocycles. The van der Waals surface area contributed by atoms with Crippen LogP contribution in [0.15, 0.2) is 48.7 Å². The molecule has 8 nitrogen and oxygen atoms in total. The zero-order valence-electron chi connectivity index (χ0n) is 20.2. The molecule has 3 aromatic rings. The summed E-state index contributed by atoms with van der Waals surface area (Å²) in [4.78, 5) is 28.8. The van der Waals surface area contributed by atoms with Gasteiger partial charge in [-0.1, -0.05) is 13.0 Å². The van der Waals surface area contributed by atoms with Gasteiger partial charge >= 0.3 is 0 Å². The first kappa shape index (κ1) is 23.5. The third-order valence-corrected chi connectivity index (χ3v) is 6.21. The lowest BCUT2D eigenvalue weighted by Crippen LogP contribution is -2.47. The van der Waals surface area contributed by atoms with Crippen LogP contribution in [0.1, 0.15) is 47.3 Å². The molecule has 1 saturated heterocycles. The fraction of sp³-hybridized carbons (Fsp3) is 0.385. The monoisotopic (exact) mass is 461 g/mol. The number of aromatic nitrogens is 3. The number of carbonyl (C=O) groups is 1. The van der Waals surface area contributed by atoms with Crippen molar-refractivity contribution < 1.29 is 14.3 Å². The number of pyridine rings is 1. The molecule has 178 valence electrons. The third-order valence-electron chi connectivity index (χ3n) is 6.21. The number of hydrogen-bond donors (Lipinski definition) is 1. The summed E-state index contributed by atoms with van der Waals surface area (Å²) in [5, 5.41) is 3.10. The topological polar surface area (TPSA) is 89.5 Å². The largest absolute Gasteiger partial charge is 0.493 e. The average Bonchev–Trinajstić information content (AvgIpc) is 2.87. The van der Waals surface area contributed by atoms with Gasteiger partial charge in [0.25, 0.3) is 5.91 Å². The number of carbonyl (C=O) groups excluding carboxylic acids is 1. The molecule has 1 fully saturated rings. The maximum absolute atomic E-state index is 13.5. The first-order valence-electron chi connectivity index (χ1n) is 11.5. The van der Waals surface area contributed by atoms with E-state index in [-0.39, 0.29) is 17.9 Å². The molecule has 0 radical (unpaired) electrons. The first-order valence-corrected chi connectivity index (χ1v) is 11.5. The quantitative estimate of drug-likeness (QED) is 0.569. The van der Waals surface area contributed by atoms with E-state index in [1.807, 2.05) is 43.1 Å². The number of nitrogens with one attached hydrogen (secondary N) is 1. The second-order valence-corrected chi connectivity index (χ2v) is 8.80. The van der Waals surface area contributed by atoms with Crippen molar-refractivity contribution in [3.8, 4) is 11.5 Å². The number of rotatable bonds is 7. The van der Waals surface area contributed by atoms with Gasteiger partial charge in [0, 0.05) is 43.4 Å². The first-order chi connectivity index (χ1) is 16.4. The Morgan fingerprint density at radius 3 is 2.76 bits per heavy atom. The van der Waals surface area contributed by atoms with Crippen LogP contribution in [-0.2, 0) is 12.0 Å². The number of aryl methyl sites for hydroxylation is 1. The van der Waals surface area contributed by atoms with Gasteiger partial charge in [0.1, 0.15) is 18.2 Å². The number of ether oxygens (including phenoxy) is 2. The summed E-state index contributed by atoms with van der Waals surface area (Å²) in [7, 11) is 3.44. The number of benzene rings is 1. The van der Waals surface area contributed by atoms with Crippen molar-refractivity contribution in [2.45, 2.75) is 38.7 Å². The van der Waals surface area contributed by atoms with Crippen LogP contribution in [-0.4, -0.2) is 53.0 Å². The standard InChI is InChI=1S/C26H31N5O3/c1-18-29-23(15-24(27-3)30-18)26(2)11-7-13-31(17-26)25(32)19-9-10-21(33-4)22(14-19)34-16-20-8-5-6-12-28-20/h5-6,8-10,12,14-15H,7,11,13,16-17H2,1-4H3,(H,27,29,30). The number of hydrogen-bond acceptors (Lipinski definition) is 7. The Balaban J connectivity index is 1.54. The lowest BCUT2D eigenvalue weighted by Gasteiger charge is -2.40. The molecule has 0 saturated carbocycles. The SMILES string of the molecule is CNc1cc(C2(C)CCCN(C(=O)c3ccc(OC)c(OCc4ccccn4)c3)C2)nc(C)n1. The van der Waals surface area contributed by atoms with Crippen LogP contribution in [0.2, 0.25) is 0 Å². The van der Waals surface area contributed by atoms with Crippen LogP contribution in [0.5, 0.6) is 11.5 Å². The summed E-state index contributed by atoms with van der Waals surface area (Å²) in [5.74, 6) is 2.57. The van der Waals surface area contributed by atoms with E-state index in [0.29, 0.717) is 30.2 Å². The van der Waals surface area contributed by atoms with Crippen LogP contribution in [0.25, 0.3) is 0 Å². The van der Waals surface area contributed by atoms with Crippen LogP contribution in [0.3, 0.4) is 0 Å². The molecule has 8 heteroatoms. The molecule has 1 aliphatic heterocycles. The Labute approximate surface area is 200 Å². The van der Waals surface area contributed by atoms with Crippen molar-refractivity contribution in [2.24, 2.45) is 0 Å². The second-order valence-electron chi connectivity index (χ2n) is 8.80. The molecule has 1 atom stereocenters. The molecular weight excluding hydrogens is 430 g/mol. The molecule has 1 unspecified atom stereocenters. The van der Waals surface area contributed by atoms with Gasteiger partial charge in [0.2, 0.25) is 0 Å². The number of nitrogens with zero attached hydrogens (tertiary/aromatic N) is 4. The number of likely N-dealkylation sites (tertiary alicyclic amines) is 1. The summed E-state index contributed by atoms with van der Waals surface area (Å²) in [6.45, 7) is 5.64. The number of anilines is 1. The molecule has 34 heavy (non-hydrogen) atoms. The van der Waals surface area contributed by atoms with Crippen LogP contribution >= 0.6 is 0 Å². The van der Waals surface area contributed by atoms with Crippen molar-refractivity contribution in [1.29, 1.82) is 0 Å². The zero-order valence-corrected chi connectivity index (χ0v) is 20.2. The summed E-state index contributed by atoms with van der Waals surface area (Å²) in [5.41, 5.74) is 2.07. The van der Waals surface area contributed by atoms with Gasteiger partial charge in [-0.3, -0.25) is 9.78 Å². The van der Waals surface area contributed by atoms with Gasteiger partial charge in [0.15, 0.2) is 11.5 Å². The van der Waals surface area contributed by atoms with Gasteiger partial charge in [-0.15, -0.1) is 0 Å². The fourth-order valence-electron chi connectivity index (χ4n) is 4.37. The normalized spacial score (nSPS) is 17.8. The van der Waals surface area contributed by atoms with Gasteiger partial charge < -0.3 is 19.7 Å². The zero-order chi connectivity index (χ0) is 24.1. The molecular formula is C26H31N5O3. The number of piperidine rings is 1. The second kappa shape index (κ2) is 10.1. The third kappa shape index (κ3) is 5.11. The Morgan fingerprint density at radius 1 is 1.18 bits per heavy atom. The van der Waals surface area contributed by atoms with E-state index >= 15 is 0 Å². The highest BCUT2D eigenvalue weighted by atomic mass is 16.5. The predicted molar refractivity (Wildman–Crippen MR) is 130 cm³/mol. The minimum atomic E-state index is -0.252. The number of amides is 1. The maximum atomic E-state index is 13.5. The van der Waals surface area contributed by atoms with E-state index in [0.717, 1.165) is 35.9 Å². The minimum Gasteiger partial charge on any atom is -0.493 e. The van der Waals surface area contributed by atoms with E-state index in [1.165, 1.54) is 0 Å². The molecule has 1 N–H and O–H groups in total. The molecule has 3 heterocycles. The van der Waals surface area contributed by atoms with E-state index in [1.54, 1.807) is 31.5 Å². The van der Waals surface area contributed by atoms with Gasteiger partial charge in [-0.05, 0) is 50.1 Å². The Kier molecular flexibility index (Phi) is 6.95. The molecule has 4 rings (SSSR count). The molecule has 1 aliphatic rings. The van der Waals surface area contributed by atoms with Crippen LogP contribution in [0.4, 0.5) is 5.82 Å². The van der Waals surface area contributed by atoms with Crippen molar-refractivity contribution in [3.05, 3.63) is 71.4 Å². The molecule has 0 bridgehead atoms. The van der Waals surface area contributed by atoms with Gasteiger partial charge in [-0.25, -0.2) is 9.97 Å². The minimum absolute atomic E-state index is 0.0316. The highest BCUT2D eigenvalue weighted by Gasteiger charge is 2.36. The van der Waals surface area contributed by atoms with E-state index in [2.05, 4.69) is 22.2 Å². The Morgan fingerprint density at radius 2 is 2.03 bits per heavy atom. The fourth-order valence-corrected chi connectivity index (χ4v) is 4.37. The highest BCUT2D eigenvalue weighted by molar-refractivity contribution is 5.95. The predicted octanol–water partition coefficient (Wildman–Crippen LogP) is 4.00. The summed E-state index contributed by atoms with van der Waals surface area (Å²) in [6, 6.07) is 13.0. The summed E-state index contributed by atoms with van der Waals surface area (Å²) < 4.78 is 11.4. The van der Waals surface area contributed by atoms with Crippen molar-refractivity contribution in [1.82, 2.24) is 19.9 Å². The van der Waals surface area contributed by atoms with Crippen LogP contribution < -0.4 is 14.8 Å². The summed E-state index contributed by atoms with van der Waals surface area (Å²) >= 11 is 0. The molecule has 1 aromatic carbocycles. The van der Waals surface area contributed by atoms with E-state index in [4.69, 9.17) is 14.5 Å². The van der Waals surface area contributed by atoms with E-state index in [9.17, 15) is 4.79 Å². The van der Waals surface area contributed by atoms with E-state index < -0.39 is 0 Å². The lowest BCUT2D eigenvalue weighted by molar-refractivity contribution is 0.0647. The van der Waals surface area contributed by atoms with Gasteiger partial charge in [0.05, 0.1) is 18.5 Å². The average molecular weight is 462 g/mol. The Bertz CT molecular complexity index is 1150. The molecule has 2 aromatic heterocycles. The number of methoxy groups -OCH3 is 1.